The Morgan fingerprint density at radius 3 is 2.72 bits per heavy atom. The number of rotatable bonds is 2. The van der Waals surface area contributed by atoms with Crippen LogP contribution in [-0.2, 0) is 4.74 Å². The summed E-state index contributed by atoms with van der Waals surface area (Å²) in [6, 6.07) is -0.491. The summed E-state index contributed by atoms with van der Waals surface area (Å²) < 4.78 is 5.01. The van der Waals surface area contributed by atoms with Crippen LogP contribution < -0.4 is 5.32 Å². The van der Waals surface area contributed by atoms with Crippen LogP contribution in [0.15, 0.2) is 21.7 Å². The van der Waals surface area contributed by atoms with Gasteiger partial charge in [-0.3, -0.25) is 0 Å². The Morgan fingerprint density at radius 1 is 1.61 bits per heavy atom. The average molecular weight is 290 g/mol. The van der Waals surface area contributed by atoms with Crippen molar-refractivity contribution in [2.75, 3.05) is 0 Å². The Morgan fingerprint density at radius 2 is 2.22 bits per heavy atom. The lowest BCUT2D eigenvalue weighted by atomic mass is 9.97. The van der Waals surface area contributed by atoms with Crippen LogP contribution in [-0.4, -0.2) is 29.4 Å². The Balaban J connectivity index is 3.22. The smallest absolute Gasteiger partial charge is 0.408 e. The Hall–Kier alpha value is -1.15. The molecule has 0 aromatic carbocycles. The van der Waals surface area contributed by atoms with Crippen LogP contribution in [0.1, 0.15) is 13.8 Å². The number of allylic oxidation sites excluding steroid dienone is 2. The van der Waals surface area contributed by atoms with Crippen molar-refractivity contribution >= 4 is 29.3 Å². The van der Waals surface area contributed by atoms with Crippen LogP contribution in [0, 0.1) is 12.3 Å². The third kappa shape index (κ3) is 2.99. The molecule has 0 aromatic heterocycles. The van der Waals surface area contributed by atoms with Crippen LogP contribution in [0.2, 0.25) is 0 Å². The van der Waals surface area contributed by atoms with Crippen molar-refractivity contribution in [2.45, 2.75) is 32.1 Å². The van der Waals surface area contributed by atoms with E-state index in [1.54, 1.807) is 19.9 Å². The molecular weight excluding hydrogens is 277 g/mol. The number of cyclic esters (lactones) is 1. The number of nitrogens with one attached hydrogen (secondary N) is 1. The normalized spacial score (nSPS) is 29.9. The molecule has 1 rings (SSSR count). The molecule has 1 aliphatic heterocycles. The lowest BCUT2D eigenvalue weighted by Crippen LogP contribution is -2.55. The van der Waals surface area contributed by atoms with Gasteiger partial charge in [0.25, 0.3) is 0 Å². The third-order valence-corrected chi connectivity index (χ3v) is 3.29. The first kappa shape index (κ1) is 14.9. The van der Waals surface area contributed by atoms with Gasteiger partial charge in [-0.15, -0.1) is 6.42 Å². The van der Waals surface area contributed by atoms with Gasteiger partial charge in [-0.2, -0.15) is 0 Å². The summed E-state index contributed by atoms with van der Waals surface area (Å²) in [5.41, 5.74) is 0.234. The standard InChI is InChI=1S/C12H13Cl2NO3/c1-4-7(13)9(8(14)5-2)11-10(16)6(3)15-12(17)18-11/h1,5-6,10-11,16H,2-3H3,(H,15,17). The van der Waals surface area contributed by atoms with Gasteiger partial charge in [-0.25, -0.2) is 4.79 Å². The predicted molar refractivity (Wildman–Crippen MR) is 70.2 cm³/mol. The molecule has 3 atom stereocenters. The van der Waals surface area contributed by atoms with E-state index in [-0.39, 0.29) is 15.6 Å². The minimum atomic E-state index is -0.992. The van der Waals surface area contributed by atoms with E-state index in [0.717, 1.165) is 0 Å². The van der Waals surface area contributed by atoms with Crippen LogP contribution in [0.4, 0.5) is 4.79 Å². The van der Waals surface area contributed by atoms with Gasteiger partial charge >= 0.3 is 6.09 Å². The number of aliphatic hydroxyl groups is 1. The number of hydrogen-bond acceptors (Lipinski definition) is 3. The van der Waals surface area contributed by atoms with Gasteiger partial charge in [0.2, 0.25) is 0 Å². The van der Waals surface area contributed by atoms with E-state index < -0.39 is 24.3 Å². The SMILES string of the molecule is C#CC(Cl)=C(C(Cl)=CC)C1OC(=O)NC(C)C1O. The Bertz CT molecular complexity index is 451. The molecule has 3 unspecified atom stereocenters. The lowest BCUT2D eigenvalue weighted by Gasteiger charge is -2.34. The molecule has 0 aromatic rings. The number of terminal acetylenes is 1. The van der Waals surface area contributed by atoms with E-state index in [1.807, 2.05) is 0 Å². The first-order valence-electron chi connectivity index (χ1n) is 5.26. The molecule has 0 radical (unpaired) electrons. The zero-order chi connectivity index (χ0) is 13.9. The van der Waals surface area contributed by atoms with E-state index >= 15 is 0 Å². The first-order chi connectivity index (χ1) is 8.42. The second-order valence-corrected chi connectivity index (χ2v) is 4.54. The topological polar surface area (TPSA) is 58.6 Å². The monoisotopic (exact) mass is 289 g/mol. The fourth-order valence-corrected chi connectivity index (χ4v) is 2.04. The van der Waals surface area contributed by atoms with E-state index in [9.17, 15) is 9.90 Å². The molecule has 0 saturated carbocycles. The molecule has 1 saturated heterocycles. The van der Waals surface area contributed by atoms with Crippen molar-refractivity contribution in [3.05, 3.63) is 21.7 Å². The highest BCUT2D eigenvalue weighted by atomic mass is 35.5. The van der Waals surface area contributed by atoms with Crippen LogP contribution in [0.3, 0.4) is 0 Å². The summed E-state index contributed by atoms with van der Waals surface area (Å²) in [5.74, 6) is 2.22. The molecule has 18 heavy (non-hydrogen) atoms. The Kier molecular flexibility index (Phi) is 5.09. The third-order valence-electron chi connectivity index (χ3n) is 2.56. The zero-order valence-electron chi connectivity index (χ0n) is 9.91. The molecule has 2 N–H and O–H groups in total. The minimum Gasteiger partial charge on any atom is -0.438 e. The molecule has 4 nitrogen and oxygen atoms in total. The van der Waals surface area contributed by atoms with Gasteiger partial charge in [0, 0.05) is 10.6 Å². The number of ether oxygens (including phenoxy) is 1. The zero-order valence-corrected chi connectivity index (χ0v) is 11.4. The van der Waals surface area contributed by atoms with Crippen LogP contribution >= 0.6 is 23.2 Å². The van der Waals surface area contributed by atoms with Crippen LogP contribution in [0.25, 0.3) is 0 Å². The molecule has 1 aliphatic rings. The van der Waals surface area contributed by atoms with Crippen molar-refractivity contribution in [1.29, 1.82) is 0 Å². The van der Waals surface area contributed by atoms with E-state index in [2.05, 4.69) is 11.2 Å². The summed E-state index contributed by atoms with van der Waals surface area (Å²) in [7, 11) is 0. The largest absolute Gasteiger partial charge is 0.438 e. The number of alkyl carbamates (subject to hydrolysis) is 1. The molecule has 0 spiro atoms. The number of carbonyl (C=O) groups excluding carboxylic acids is 1. The van der Waals surface area contributed by atoms with Crippen molar-refractivity contribution in [1.82, 2.24) is 5.32 Å². The van der Waals surface area contributed by atoms with E-state index in [4.69, 9.17) is 34.4 Å². The van der Waals surface area contributed by atoms with Gasteiger partial charge in [-0.05, 0) is 13.8 Å². The fraction of sp³-hybridized carbons (Fsp3) is 0.417. The quantitative estimate of drug-likeness (QED) is 0.605. The summed E-state index contributed by atoms with van der Waals surface area (Å²) in [6.45, 7) is 3.32. The molecular formula is C12H13Cl2NO3. The molecule has 1 heterocycles. The number of halogens is 2. The second-order valence-electron chi connectivity index (χ2n) is 3.76. The van der Waals surface area contributed by atoms with Crippen molar-refractivity contribution in [3.8, 4) is 12.3 Å². The van der Waals surface area contributed by atoms with E-state index in [1.165, 1.54) is 0 Å². The maximum atomic E-state index is 11.3. The molecule has 1 fully saturated rings. The summed E-state index contributed by atoms with van der Waals surface area (Å²) in [6.07, 6.45) is 4.15. The first-order valence-corrected chi connectivity index (χ1v) is 6.01. The molecule has 0 aliphatic carbocycles. The predicted octanol–water partition coefficient (Wildman–Crippen LogP) is 2.11. The fourth-order valence-electron chi connectivity index (χ4n) is 1.58. The molecule has 98 valence electrons. The van der Waals surface area contributed by atoms with E-state index in [0.29, 0.717) is 0 Å². The average Bonchev–Trinajstić information content (AvgIpc) is 2.34. The molecule has 1 amide bonds. The minimum absolute atomic E-state index is 0.00375. The lowest BCUT2D eigenvalue weighted by molar-refractivity contribution is -0.0204. The van der Waals surface area contributed by atoms with Gasteiger partial charge in [0.15, 0.2) is 6.10 Å². The summed E-state index contributed by atoms with van der Waals surface area (Å²) in [4.78, 5) is 11.3. The highest BCUT2D eigenvalue weighted by Gasteiger charge is 2.38. The second kappa shape index (κ2) is 6.14. The Labute approximate surface area is 116 Å². The van der Waals surface area contributed by atoms with Gasteiger partial charge in [0.1, 0.15) is 6.10 Å². The molecule has 6 heteroatoms. The summed E-state index contributed by atoms with van der Waals surface area (Å²) in [5, 5.41) is 12.7. The maximum Gasteiger partial charge on any atom is 0.408 e. The number of carbonyl (C=O) groups is 1. The number of aliphatic hydroxyl groups excluding tert-OH is 1. The van der Waals surface area contributed by atoms with Gasteiger partial charge in [0.05, 0.1) is 11.1 Å². The summed E-state index contributed by atoms with van der Waals surface area (Å²) >= 11 is 11.9. The highest BCUT2D eigenvalue weighted by molar-refractivity contribution is 6.37. The highest BCUT2D eigenvalue weighted by Crippen LogP contribution is 2.30. The van der Waals surface area contributed by atoms with Gasteiger partial charge in [-0.1, -0.05) is 35.2 Å². The van der Waals surface area contributed by atoms with Gasteiger partial charge < -0.3 is 15.2 Å². The van der Waals surface area contributed by atoms with Crippen molar-refractivity contribution in [3.63, 3.8) is 0 Å². The number of hydrogen-bond donors (Lipinski definition) is 2. The van der Waals surface area contributed by atoms with Crippen molar-refractivity contribution < 1.29 is 14.6 Å². The van der Waals surface area contributed by atoms with Crippen LogP contribution in [0.5, 0.6) is 0 Å². The maximum absolute atomic E-state index is 11.3. The van der Waals surface area contributed by atoms with Crippen molar-refractivity contribution in [2.24, 2.45) is 0 Å². The molecule has 0 bridgehead atoms. The number of amides is 1.